The van der Waals surface area contributed by atoms with Gasteiger partial charge in [-0.25, -0.2) is 0 Å². The summed E-state index contributed by atoms with van der Waals surface area (Å²) in [6.07, 6.45) is -8.50. The molecule has 0 radical (unpaired) electrons. The molecule has 0 rings (SSSR count). The van der Waals surface area contributed by atoms with E-state index in [1.165, 1.54) is 0 Å². The molecule has 0 fully saturated rings. The third-order valence-corrected chi connectivity index (χ3v) is 0.333. The normalized spacial score (nSPS) is 6.93. The van der Waals surface area contributed by atoms with Gasteiger partial charge in [0.1, 0.15) is 0 Å². The predicted octanol–water partition coefficient (Wildman–Crippen LogP) is -4.62. The van der Waals surface area contributed by atoms with Crippen molar-refractivity contribution in [1.82, 2.24) is 0 Å². The molecule has 0 aromatic heterocycles. The Labute approximate surface area is 103 Å². The summed E-state index contributed by atoms with van der Waals surface area (Å²) in [5.74, 6) is 0. The van der Waals surface area contributed by atoms with Crippen molar-refractivity contribution in [1.29, 1.82) is 0 Å². The minimum Gasteiger partial charge on any atom is -0.483 e. The number of hydrogen-bond acceptors (Lipinski definition) is 10. The molecule has 11 heteroatoms. The third kappa shape index (κ3) is 32.7. The Morgan fingerprint density at radius 2 is 0.733 bits per heavy atom. The molecule has 0 saturated carbocycles. The first-order chi connectivity index (χ1) is 6.25. The summed E-state index contributed by atoms with van der Waals surface area (Å²) < 4.78 is 5.72. The van der Waals surface area contributed by atoms with Crippen LogP contribution in [0.3, 0.4) is 0 Å². The number of ether oxygens (including phenoxy) is 2. The number of hydrogen-bond donors (Lipinski definition) is 0. The Balaban J connectivity index is -0.000000180. The molecule has 0 aliphatic rings. The van der Waals surface area contributed by atoms with Crippen LogP contribution in [-0.2, 0) is 9.47 Å². The second-order valence-corrected chi connectivity index (χ2v) is 1.20. The molecule has 15 heavy (non-hydrogen) atoms. The predicted molar refractivity (Wildman–Crippen MR) is 23.8 cm³/mol. The summed E-state index contributed by atoms with van der Waals surface area (Å²) in [7, 11) is 0. The molecule has 0 heterocycles. The topological polar surface area (TPSA) is 179 Å². The van der Waals surface area contributed by atoms with Gasteiger partial charge in [0.2, 0.25) is 0 Å². The van der Waals surface area contributed by atoms with E-state index in [9.17, 15) is 0 Å². The zero-order chi connectivity index (χ0) is 11.7. The van der Waals surface area contributed by atoms with Gasteiger partial charge >= 0.3 is 0 Å². The van der Waals surface area contributed by atoms with Crippen LogP contribution >= 0.6 is 0 Å². The summed E-state index contributed by atoms with van der Waals surface area (Å²) in [6, 6.07) is 0. The third-order valence-electron chi connectivity index (χ3n) is 0.333. The molecule has 0 N–H and O–H groups in total. The van der Waals surface area contributed by atoms with Crippen molar-refractivity contribution < 1.29 is 78.3 Å². The van der Waals surface area contributed by atoms with E-state index in [0.29, 0.717) is 0 Å². The van der Waals surface area contributed by atoms with Gasteiger partial charge < -0.3 is 49.1 Å². The summed E-state index contributed by atoms with van der Waals surface area (Å²) >= 11 is 0. The summed E-state index contributed by atoms with van der Waals surface area (Å²) in [4.78, 5) is 36.2. The van der Waals surface area contributed by atoms with Gasteiger partial charge in [0.15, 0.2) is 0 Å². The van der Waals surface area contributed by atoms with Gasteiger partial charge in [-0.2, -0.15) is 0 Å². The molecule has 0 atom stereocenters. The minimum absolute atomic E-state index is 0. The molecule has 0 spiro atoms. The van der Waals surface area contributed by atoms with Crippen molar-refractivity contribution >= 4 is 24.6 Å². The first kappa shape index (κ1) is 19.1. The van der Waals surface area contributed by atoms with Crippen molar-refractivity contribution in [2.75, 3.05) is 0 Å². The number of rotatable bonds is 0. The van der Waals surface area contributed by atoms with Gasteiger partial charge in [-0.15, -0.1) is 0 Å². The average Bonchev–Trinajstić information content (AvgIpc) is 1.79. The zero-order valence-corrected chi connectivity index (χ0v) is 9.89. The van der Waals surface area contributed by atoms with Crippen LogP contribution in [0.1, 0.15) is 0 Å². The largest absolute Gasteiger partial charge is 0.483 e. The second-order valence-electron chi connectivity index (χ2n) is 1.20. The van der Waals surface area contributed by atoms with Crippen molar-refractivity contribution in [3.05, 3.63) is 0 Å². The van der Waals surface area contributed by atoms with Gasteiger partial charge in [-0.1, -0.05) is 0 Å². The average molecular weight is 452 g/mol. The minimum atomic E-state index is -2.12. The smallest absolute Gasteiger partial charge is 0.259 e. The molecule has 0 saturated heterocycles. The van der Waals surface area contributed by atoms with E-state index < -0.39 is 24.6 Å². The second kappa shape index (κ2) is 10.5. The Kier molecular flexibility index (Phi) is 13.4. The molecule has 86 valence electrons. The van der Waals surface area contributed by atoms with Gasteiger partial charge in [-0.3, -0.25) is 0 Å². The first-order valence-electron chi connectivity index (χ1n) is 2.45. The van der Waals surface area contributed by atoms with Crippen LogP contribution < -0.4 is 20.4 Å². The molecule has 10 nitrogen and oxygen atoms in total. The standard InChI is InChI=1S/2C2H2O5.Pu/c2*3-1(4)7-2(5)6;/h2*(H,3,4)(H,5,6);/p-4. The van der Waals surface area contributed by atoms with Crippen LogP contribution in [0.15, 0.2) is 0 Å². The van der Waals surface area contributed by atoms with Crippen LogP contribution in [0.2, 0.25) is 0 Å². The summed E-state index contributed by atoms with van der Waals surface area (Å²) in [5, 5.41) is 36.2. The SMILES string of the molecule is O=C([O-])OC(=O)[O-].O=C([O-])OC(=O)[O-].[Pu]. The molecule has 0 aliphatic heterocycles. The Bertz CT molecular complexity index is 196. The fourth-order valence-electron chi connectivity index (χ4n) is 0.136. The maximum atomic E-state index is 9.06. The van der Waals surface area contributed by atoms with Crippen molar-refractivity contribution in [3.8, 4) is 0 Å². The van der Waals surface area contributed by atoms with E-state index in [1.807, 2.05) is 0 Å². The fraction of sp³-hybridized carbons (Fsp3) is 0. The van der Waals surface area contributed by atoms with Crippen LogP contribution in [0.25, 0.3) is 0 Å². The van der Waals surface area contributed by atoms with Crippen LogP contribution in [0, 0.1) is 29.2 Å². The molecular formula is C4O10Pu-4. The van der Waals surface area contributed by atoms with Crippen LogP contribution in [0.4, 0.5) is 19.2 Å². The zero-order valence-electron chi connectivity index (χ0n) is 6.49. The maximum Gasteiger partial charge on any atom is 0.259 e. The molecule has 0 aliphatic carbocycles. The molecule has 0 bridgehead atoms. The number of carbonyl (C=O) groups excluding carboxylic acids is 4. The molecule has 0 unspecified atom stereocenters. The van der Waals surface area contributed by atoms with E-state index in [-0.39, 0.29) is 29.2 Å². The van der Waals surface area contributed by atoms with Gasteiger partial charge in [0, 0.05) is 29.2 Å². The van der Waals surface area contributed by atoms with Crippen LogP contribution in [-0.4, -0.2) is 24.6 Å². The Hall–Kier alpha value is -1.53. The maximum absolute atomic E-state index is 9.06. The summed E-state index contributed by atoms with van der Waals surface area (Å²) in [5.41, 5.74) is 0. The van der Waals surface area contributed by atoms with Crippen molar-refractivity contribution in [2.45, 2.75) is 0 Å². The van der Waals surface area contributed by atoms with E-state index in [0.717, 1.165) is 0 Å². The molecule has 0 amide bonds. The fourth-order valence-corrected chi connectivity index (χ4v) is 0.136. The van der Waals surface area contributed by atoms with Crippen molar-refractivity contribution in [2.24, 2.45) is 0 Å². The summed E-state index contributed by atoms with van der Waals surface area (Å²) in [6.45, 7) is 0. The monoisotopic (exact) mass is 446 g/mol. The first-order valence-corrected chi connectivity index (χ1v) is 2.45. The van der Waals surface area contributed by atoms with Crippen molar-refractivity contribution in [3.63, 3.8) is 0 Å². The Morgan fingerprint density at radius 3 is 0.733 bits per heavy atom. The van der Waals surface area contributed by atoms with Gasteiger partial charge in [0.25, 0.3) is 24.6 Å². The Morgan fingerprint density at radius 1 is 0.600 bits per heavy atom. The molecular weight excluding hydrogens is 452 g/mol. The molecule has 0 aromatic rings. The van der Waals surface area contributed by atoms with E-state index in [1.54, 1.807) is 0 Å². The van der Waals surface area contributed by atoms with E-state index in [4.69, 9.17) is 39.6 Å². The molecule has 0 aromatic carbocycles. The number of carbonyl (C=O) groups is 4. The van der Waals surface area contributed by atoms with E-state index in [2.05, 4.69) is 9.47 Å². The van der Waals surface area contributed by atoms with E-state index >= 15 is 0 Å². The van der Waals surface area contributed by atoms with Gasteiger partial charge in [-0.05, 0) is 0 Å². The number of carboxylic acid groups (broad SMARTS) is 4. The van der Waals surface area contributed by atoms with Crippen LogP contribution in [0.5, 0.6) is 0 Å². The van der Waals surface area contributed by atoms with Gasteiger partial charge in [0.05, 0.1) is 0 Å². The quantitative estimate of drug-likeness (QED) is 0.256.